The fraction of sp³-hybridized carbons (Fsp3) is 0.407. The number of halogens is 1. The molecular weight excluding hydrogens is 447 g/mol. The molecule has 3 heterocycles. The van der Waals surface area contributed by atoms with E-state index in [0.717, 1.165) is 55.7 Å². The average molecular weight is 479 g/mol. The average Bonchev–Trinajstić information content (AvgIpc) is 2.86. The first-order chi connectivity index (χ1) is 17.0. The van der Waals surface area contributed by atoms with Crippen LogP contribution in [0.2, 0.25) is 0 Å². The molecule has 0 aliphatic carbocycles. The van der Waals surface area contributed by atoms with Crippen LogP contribution in [0, 0.1) is 11.7 Å². The minimum atomic E-state index is -0.356. The Morgan fingerprint density at radius 1 is 1.09 bits per heavy atom. The summed E-state index contributed by atoms with van der Waals surface area (Å²) >= 11 is 0. The molecule has 1 saturated heterocycles. The summed E-state index contributed by atoms with van der Waals surface area (Å²) in [5.41, 5.74) is 2.66. The maximum absolute atomic E-state index is 13.9. The van der Waals surface area contributed by atoms with Crippen LogP contribution in [0.3, 0.4) is 0 Å². The van der Waals surface area contributed by atoms with Gasteiger partial charge in [-0.25, -0.2) is 9.37 Å². The number of ether oxygens (including phenoxy) is 2. The Morgan fingerprint density at radius 2 is 1.89 bits per heavy atom. The van der Waals surface area contributed by atoms with Crippen molar-refractivity contribution in [2.45, 2.75) is 39.3 Å². The zero-order valence-electron chi connectivity index (χ0n) is 20.2. The van der Waals surface area contributed by atoms with Crippen molar-refractivity contribution in [3.63, 3.8) is 0 Å². The van der Waals surface area contributed by atoms with Crippen LogP contribution in [0.1, 0.15) is 36.6 Å². The molecule has 2 aliphatic rings. The number of hydrogen-bond donors (Lipinski definition) is 1. The van der Waals surface area contributed by atoms with E-state index in [4.69, 9.17) is 19.4 Å². The molecular formula is C27H31FN4O3. The van der Waals surface area contributed by atoms with Crippen molar-refractivity contribution in [1.29, 1.82) is 0 Å². The molecule has 0 bridgehead atoms. The quantitative estimate of drug-likeness (QED) is 0.539. The van der Waals surface area contributed by atoms with Gasteiger partial charge in [-0.1, -0.05) is 25.1 Å². The molecule has 0 radical (unpaired) electrons. The minimum Gasteiger partial charge on any atom is -0.504 e. The van der Waals surface area contributed by atoms with Crippen molar-refractivity contribution < 1.29 is 19.0 Å². The van der Waals surface area contributed by atoms with Crippen molar-refractivity contribution in [3.8, 4) is 23.1 Å². The third-order valence-electron chi connectivity index (χ3n) is 6.86. The Bertz CT molecular complexity index is 1200. The number of methoxy groups -OCH3 is 1. The number of piperidine rings is 1. The summed E-state index contributed by atoms with van der Waals surface area (Å²) in [5.74, 6) is 2.52. The lowest BCUT2D eigenvalue weighted by molar-refractivity contribution is 0.234. The molecule has 3 aromatic rings. The molecule has 0 amide bonds. The second kappa shape index (κ2) is 10.1. The fourth-order valence-corrected chi connectivity index (χ4v) is 4.74. The molecule has 184 valence electrons. The van der Waals surface area contributed by atoms with Crippen molar-refractivity contribution in [3.05, 3.63) is 65.1 Å². The summed E-state index contributed by atoms with van der Waals surface area (Å²) in [5, 5.41) is 10.5. The Kier molecular flexibility index (Phi) is 6.72. The zero-order chi connectivity index (χ0) is 24.4. The van der Waals surface area contributed by atoms with Crippen molar-refractivity contribution in [2.75, 3.05) is 31.6 Å². The van der Waals surface area contributed by atoms with Crippen LogP contribution in [0.15, 0.2) is 42.5 Å². The predicted octanol–water partition coefficient (Wildman–Crippen LogP) is 4.92. The molecule has 1 N–H and O–H groups in total. The van der Waals surface area contributed by atoms with Gasteiger partial charge in [-0.3, -0.25) is 4.90 Å². The molecule has 0 saturated carbocycles. The zero-order valence-corrected chi connectivity index (χ0v) is 20.2. The lowest BCUT2D eigenvalue weighted by Crippen LogP contribution is -2.36. The van der Waals surface area contributed by atoms with Crippen molar-refractivity contribution in [2.24, 2.45) is 5.92 Å². The Labute approximate surface area is 205 Å². The van der Waals surface area contributed by atoms with Crippen LogP contribution >= 0.6 is 0 Å². The third kappa shape index (κ3) is 5.17. The van der Waals surface area contributed by atoms with Crippen LogP contribution in [0.5, 0.6) is 23.1 Å². The molecule has 0 spiro atoms. The second-order valence-electron chi connectivity index (χ2n) is 9.41. The summed E-state index contributed by atoms with van der Waals surface area (Å²) in [6.07, 6.45) is 2.95. The number of aromatic hydroxyl groups is 1. The van der Waals surface area contributed by atoms with E-state index in [1.54, 1.807) is 25.3 Å². The highest BCUT2D eigenvalue weighted by Gasteiger charge is 2.27. The van der Waals surface area contributed by atoms with Crippen LogP contribution in [0.4, 0.5) is 10.3 Å². The van der Waals surface area contributed by atoms with Crippen LogP contribution in [-0.2, 0) is 19.5 Å². The van der Waals surface area contributed by atoms with E-state index >= 15 is 0 Å². The highest BCUT2D eigenvalue weighted by molar-refractivity contribution is 5.46. The van der Waals surface area contributed by atoms with E-state index in [1.807, 2.05) is 12.1 Å². The maximum atomic E-state index is 13.9. The van der Waals surface area contributed by atoms with Crippen LogP contribution in [-0.4, -0.2) is 46.7 Å². The molecule has 0 unspecified atom stereocenters. The Balaban J connectivity index is 1.45. The highest BCUT2D eigenvalue weighted by atomic mass is 19.1. The summed E-state index contributed by atoms with van der Waals surface area (Å²) < 4.78 is 25.3. The summed E-state index contributed by atoms with van der Waals surface area (Å²) in [6.45, 7) is 6.01. The molecule has 35 heavy (non-hydrogen) atoms. The van der Waals surface area contributed by atoms with Gasteiger partial charge in [0.25, 0.3) is 0 Å². The van der Waals surface area contributed by atoms with Gasteiger partial charge in [0.2, 0.25) is 11.8 Å². The summed E-state index contributed by atoms with van der Waals surface area (Å²) in [4.78, 5) is 14.2. The normalized spacial score (nSPS) is 16.7. The number of phenols is 1. The molecule has 1 fully saturated rings. The van der Waals surface area contributed by atoms with Gasteiger partial charge in [0.15, 0.2) is 11.5 Å². The number of nitrogens with zero attached hydrogens (tertiary/aromatic N) is 4. The van der Waals surface area contributed by atoms with Gasteiger partial charge in [0, 0.05) is 50.8 Å². The number of para-hydroxylation sites is 1. The monoisotopic (exact) mass is 478 g/mol. The smallest absolute Gasteiger partial charge is 0.228 e. The molecule has 8 heteroatoms. The first-order valence-corrected chi connectivity index (χ1v) is 12.2. The van der Waals surface area contributed by atoms with E-state index in [1.165, 1.54) is 12.1 Å². The predicted molar refractivity (Wildman–Crippen MR) is 132 cm³/mol. The number of anilines is 1. The number of fused-ring (bicyclic) bond motifs is 1. The van der Waals surface area contributed by atoms with E-state index in [2.05, 4.69) is 16.7 Å². The number of hydrogen-bond acceptors (Lipinski definition) is 7. The Hall–Kier alpha value is -3.39. The van der Waals surface area contributed by atoms with Gasteiger partial charge in [-0.2, -0.15) is 4.98 Å². The third-order valence-corrected chi connectivity index (χ3v) is 6.86. The van der Waals surface area contributed by atoms with E-state index < -0.39 is 0 Å². The minimum absolute atomic E-state index is 0.156. The lowest BCUT2D eigenvalue weighted by atomic mass is 9.99. The van der Waals surface area contributed by atoms with Crippen molar-refractivity contribution in [1.82, 2.24) is 14.9 Å². The number of rotatable bonds is 6. The fourth-order valence-electron chi connectivity index (χ4n) is 4.74. The lowest BCUT2D eigenvalue weighted by Gasteiger charge is -2.33. The van der Waals surface area contributed by atoms with Gasteiger partial charge in [-0.05, 0) is 37.0 Å². The van der Waals surface area contributed by atoms with E-state index in [0.29, 0.717) is 42.3 Å². The number of phenolic OH excluding ortho intramolecular Hbond substituents is 1. The van der Waals surface area contributed by atoms with E-state index in [9.17, 15) is 9.50 Å². The van der Waals surface area contributed by atoms with Gasteiger partial charge in [0.05, 0.1) is 18.4 Å². The van der Waals surface area contributed by atoms with Gasteiger partial charge in [0.1, 0.15) is 11.6 Å². The standard InChI is InChI=1S/C27H31FN4O3/c1-18-9-13-32(14-10-18)27-29-23-11-12-31(16-19-5-3-8-24(34-2)25(19)33)17-22(23)26(30-27)35-21-7-4-6-20(28)15-21/h3-8,15,18,33H,9-14,16-17H2,1-2H3. The molecule has 0 atom stereocenters. The number of benzene rings is 2. The molecule has 7 nitrogen and oxygen atoms in total. The van der Waals surface area contributed by atoms with E-state index in [-0.39, 0.29) is 11.6 Å². The number of aromatic nitrogens is 2. The molecule has 1 aromatic heterocycles. The second-order valence-corrected chi connectivity index (χ2v) is 9.41. The summed E-state index contributed by atoms with van der Waals surface area (Å²) in [6, 6.07) is 11.6. The molecule has 5 rings (SSSR count). The Morgan fingerprint density at radius 3 is 2.66 bits per heavy atom. The first-order valence-electron chi connectivity index (χ1n) is 12.2. The van der Waals surface area contributed by atoms with Crippen LogP contribution < -0.4 is 14.4 Å². The SMILES string of the molecule is COc1cccc(CN2CCc3nc(N4CCC(C)CC4)nc(Oc4cccc(F)c4)c3C2)c1O. The maximum Gasteiger partial charge on any atom is 0.228 e. The van der Waals surface area contributed by atoms with Gasteiger partial charge >= 0.3 is 0 Å². The van der Waals surface area contributed by atoms with Gasteiger partial charge < -0.3 is 19.5 Å². The first kappa shape index (κ1) is 23.4. The highest BCUT2D eigenvalue weighted by Crippen LogP contribution is 2.35. The molecule has 2 aliphatic heterocycles. The van der Waals surface area contributed by atoms with Crippen molar-refractivity contribution >= 4 is 5.95 Å². The summed E-state index contributed by atoms with van der Waals surface area (Å²) in [7, 11) is 1.55. The molecule has 2 aromatic carbocycles. The topological polar surface area (TPSA) is 71.0 Å². The largest absolute Gasteiger partial charge is 0.504 e. The van der Waals surface area contributed by atoms with Gasteiger partial charge in [-0.15, -0.1) is 0 Å². The van der Waals surface area contributed by atoms with Crippen LogP contribution in [0.25, 0.3) is 0 Å².